The quantitative estimate of drug-likeness (QED) is 0.320. The van der Waals surface area contributed by atoms with Gasteiger partial charge < -0.3 is 19.6 Å². The van der Waals surface area contributed by atoms with E-state index in [0.717, 1.165) is 12.8 Å². The second-order valence-electron chi connectivity index (χ2n) is 9.39. The van der Waals surface area contributed by atoms with Crippen molar-refractivity contribution in [1.29, 1.82) is 0 Å². The van der Waals surface area contributed by atoms with Gasteiger partial charge in [0.2, 0.25) is 0 Å². The highest BCUT2D eigenvalue weighted by atomic mass is 32.1. The van der Waals surface area contributed by atoms with Crippen LogP contribution in [0.5, 0.6) is 0 Å². The molecule has 0 spiro atoms. The van der Waals surface area contributed by atoms with Crippen LogP contribution in [0.2, 0.25) is 18.1 Å². The zero-order valence-corrected chi connectivity index (χ0v) is 20.9. The number of rotatable bonds is 9. The van der Waals surface area contributed by atoms with Crippen molar-refractivity contribution in [3.63, 3.8) is 0 Å². The summed E-state index contributed by atoms with van der Waals surface area (Å²) in [5, 5.41) is 0.0607. The van der Waals surface area contributed by atoms with Crippen molar-refractivity contribution in [2.24, 2.45) is 17.6 Å². The lowest BCUT2D eigenvalue weighted by Gasteiger charge is -2.47. The average Bonchev–Trinajstić information content (AvgIpc) is 2.59. The third-order valence-corrected chi connectivity index (χ3v) is 11.1. The molecule has 0 aliphatic heterocycles. The van der Waals surface area contributed by atoms with E-state index in [1.807, 2.05) is 6.92 Å². The SMILES string of the molecule is CCOC(=O)[C@H]1C[C@@H](OC(CC)CC)[C@@H](O[Si](C)(C)C(C)(C)C)[C@H](C(N)=S)C1. The van der Waals surface area contributed by atoms with Gasteiger partial charge in [0.1, 0.15) is 0 Å². The molecule has 5 nitrogen and oxygen atoms in total. The molecule has 164 valence electrons. The summed E-state index contributed by atoms with van der Waals surface area (Å²) in [7, 11) is -2.07. The minimum Gasteiger partial charge on any atom is -0.466 e. The number of ether oxygens (including phenoxy) is 2. The Kier molecular flexibility index (Phi) is 9.58. The van der Waals surface area contributed by atoms with Crippen LogP contribution in [-0.4, -0.2) is 44.2 Å². The number of hydrogen-bond acceptors (Lipinski definition) is 5. The smallest absolute Gasteiger partial charge is 0.309 e. The Morgan fingerprint density at radius 1 is 1.18 bits per heavy atom. The topological polar surface area (TPSA) is 70.8 Å². The van der Waals surface area contributed by atoms with Crippen LogP contribution in [0.15, 0.2) is 0 Å². The van der Waals surface area contributed by atoms with E-state index < -0.39 is 8.32 Å². The molecule has 0 aromatic carbocycles. The van der Waals surface area contributed by atoms with E-state index in [4.69, 9.17) is 31.9 Å². The second kappa shape index (κ2) is 10.5. The highest BCUT2D eigenvalue weighted by Gasteiger charge is 2.48. The number of carbonyl (C=O) groups is 1. The van der Waals surface area contributed by atoms with E-state index in [2.05, 4.69) is 47.7 Å². The van der Waals surface area contributed by atoms with Crippen LogP contribution in [0.25, 0.3) is 0 Å². The summed E-state index contributed by atoms with van der Waals surface area (Å²) >= 11 is 5.41. The molecular formula is C21H41NO4SSi. The van der Waals surface area contributed by atoms with E-state index >= 15 is 0 Å². The first kappa shape index (κ1) is 25.5. The van der Waals surface area contributed by atoms with E-state index in [-0.39, 0.29) is 41.2 Å². The van der Waals surface area contributed by atoms with Gasteiger partial charge in [-0.1, -0.05) is 46.8 Å². The molecule has 0 aromatic rings. The molecular weight excluding hydrogens is 390 g/mol. The maximum atomic E-state index is 12.5. The first-order valence-electron chi connectivity index (χ1n) is 10.7. The molecule has 0 radical (unpaired) electrons. The van der Waals surface area contributed by atoms with Crippen molar-refractivity contribution in [2.45, 2.75) is 104 Å². The van der Waals surface area contributed by atoms with Crippen molar-refractivity contribution in [1.82, 2.24) is 0 Å². The Balaban J connectivity index is 3.23. The molecule has 1 fully saturated rings. The fourth-order valence-electron chi connectivity index (χ4n) is 3.48. The van der Waals surface area contributed by atoms with Crippen LogP contribution < -0.4 is 5.73 Å². The highest BCUT2D eigenvalue weighted by molar-refractivity contribution is 7.80. The normalized spacial score (nSPS) is 26.3. The molecule has 1 aliphatic rings. The molecule has 2 N–H and O–H groups in total. The van der Waals surface area contributed by atoms with Crippen LogP contribution in [0.4, 0.5) is 0 Å². The van der Waals surface area contributed by atoms with Crippen LogP contribution in [0.1, 0.15) is 67.2 Å². The minimum atomic E-state index is -2.07. The van der Waals surface area contributed by atoms with Crippen molar-refractivity contribution >= 4 is 31.5 Å². The Bertz CT molecular complexity index is 531. The molecule has 0 amide bonds. The Morgan fingerprint density at radius 3 is 2.18 bits per heavy atom. The lowest BCUT2D eigenvalue weighted by atomic mass is 9.77. The summed E-state index contributed by atoms with van der Waals surface area (Å²) < 4.78 is 18.6. The molecule has 0 bridgehead atoms. The van der Waals surface area contributed by atoms with E-state index in [9.17, 15) is 4.79 Å². The van der Waals surface area contributed by atoms with Crippen molar-refractivity contribution < 1.29 is 18.7 Å². The molecule has 1 aliphatic carbocycles. The van der Waals surface area contributed by atoms with Gasteiger partial charge in [0.15, 0.2) is 8.32 Å². The monoisotopic (exact) mass is 431 g/mol. The summed E-state index contributed by atoms with van der Waals surface area (Å²) in [5.74, 6) is -0.635. The summed E-state index contributed by atoms with van der Waals surface area (Å²) in [4.78, 5) is 12.9. The van der Waals surface area contributed by atoms with Crippen molar-refractivity contribution in [3.8, 4) is 0 Å². The van der Waals surface area contributed by atoms with Crippen molar-refractivity contribution in [2.75, 3.05) is 6.61 Å². The number of esters is 1. The largest absolute Gasteiger partial charge is 0.466 e. The van der Waals surface area contributed by atoms with Crippen LogP contribution in [0.3, 0.4) is 0 Å². The average molecular weight is 432 g/mol. The fraction of sp³-hybridized carbons (Fsp3) is 0.905. The predicted molar refractivity (Wildman–Crippen MR) is 121 cm³/mol. The molecule has 1 saturated carbocycles. The highest BCUT2D eigenvalue weighted by Crippen LogP contribution is 2.42. The van der Waals surface area contributed by atoms with Gasteiger partial charge >= 0.3 is 5.97 Å². The van der Waals surface area contributed by atoms with Crippen LogP contribution in [0, 0.1) is 11.8 Å². The fourth-order valence-corrected chi connectivity index (χ4v) is 5.06. The lowest BCUT2D eigenvalue weighted by Crippen LogP contribution is -2.56. The molecule has 7 heteroatoms. The zero-order chi connectivity index (χ0) is 21.7. The predicted octanol–water partition coefficient (Wildman–Crippen LogP) is 4.83. The van der Waals surface area contributed by atoms with Gasteiger partial charge in [-0.2, -0.15) is 0 Å². The molecule has 0 aromatic heterocycles. The van der Waals surface area contributed by atoms with Crippen molar-refractivity contribution in [3.05, 3.63) is 0 Å². The van der Waals surface area contributed by atoms with Gasteiger partial charge in [0, 0.05) is 5.92 Å². The number of carbonyl (C=O) groups excluding carboxylic acids is 1. The summed E-state index contributed by atoms with van der Waals surface area (Å²) in [6, 6.07) is 0. The summed E-state index contributed by atoms with van der Waals surface area (Å²) in [6.45, 7) is 17.6. The molecule has 1 rings (SSSR count). The van der Waals surface area contributed by atoms with Gasteiger partial charge in [-0.15, -0.1) is 0 Å². The standard InChI is InChI=1S/C21H41NO4SSi/c1-9-15(10-2)25-17-13-14(20(23)24-11-3)12-16(19(22)27)18(17)26-28(7,8)21(4,5)6/h14-18H,9-13H2,1-8H3,(H2,22,27)/t14-,16-,17-,18+/m1/s1. The maximum Gasteiger partial charge on any atom is 0.309 e. The number of thiocarbonyl (C=S) groups is 1. The van der Waals surface area contributed by atoms with Gasteiger partial charge in [-0.05, 0) is 50.7 Å². The van der Waals surface area contributed by atoms with Gasteiger partial charge in [-0.3, -0.25) is 4.79 Å². The first-order chi connectivity index (χ1) is 12.9. The summed E-state index contributed by atoms with van der Waals surface area (Å²) in [6.07, 6.45) is 2.69. The van der Waals surface area contributed by atoms with E-state index in [0.29, 0.717) is 24.4 Å². The Labute approximate surface area is 178 Å². The Morgan fingerprint density at radius 2 is 1.75 bits per heavy atom. The van der Waals surface area contributed by atoms with E-state index in [1.165, 1.54) is 0 Å². The van der Waals surface area contributed by atoms with Crippen LogP contribution in [-0.2, 0) is 18.7 Å². The third kappa shape index (κ3) is 6.51. The first-order valence-corrected chi connectivity index (χ1v) is 14.0. The molecule has 0 heterocycles. The molecule has 0 saturated heterocycles. The second-order valence-corrected chi connectivity index (χ2v) is 14.6. The zero-order valence-electron chi connectivity index (χ0n) is 19.0. The van der Waals surface area contributed by atoms with Gasteiger partial charge in [0.25, 0.3) is 0 Å². The molecule has 0 unspecified atom stereocenters. The van der Waals surface area contributed by atoms with Crippen LogP contribution >= 0.6 is 12.2 Å². The minimum absolute atomic E-state index is 0.0607. The number of nitrogens with two attached hydrogens (primary N) is 1. The maximum absolute atomic E-state index is 12.5. The summed E-state index contributed by atoms with van der Waals surface area (Å²) in [5.41, 5.74) is 6.14. The molecule has 4 atom stereocenters. The number of hydrogen-bond donors (Lipinski definition) is 1. The third-order valence-electron chi connectivity index (χ3n) is 6.32. The Hall–Kier alpha value is -0.503. The van der Waals surface area contributed by atoms with Gasteiger partial charge in [-0.25, -0.2) is 0 Å². The van der Waals surface area contributed by atoms with E-state index in [1.54, 1.807) is 0 Å². The lowest BCUT2D eigenvalue weighted by molar-refractivity contribution is -0.158. The van der Waals surface area contributed by atoms with Gasteiger partial charge in [0.05, 0.1) is 35.8 Å². The molecule has 28 heavy (non-hydrogen) atoms.